The summed E-state index contributed by atoms with van der Waals surface area (Å²) in [4.78, 5) is 49.7. The van der Waals surface area contributed by atoms with E-state index >= 15 is 0 Å². The molecule has 1 fully saturated rings. The van der Waals surface area contributed by atoms with Gasteiger partial charge in [-0.25, -0.2) is 0 Å². The Kier molecular flexibility index (Phi) is 5.20. The first kappa shape index (κ1) is 19.0. The predicted molar refractivity (Wildman–Crippen MR) is 98.8 cm³/mol. The predicted octanol–water partition coefficient (Wildman–Crippen LogP) is 1.24. The van der Waals surface area contributed by atoms with Crippen LogP contribution in [-0.2, 0) is 23.9 Å². The van der Waals surface area contributed by atoms with E-state index in [9.17, 15) is 19.2 Å². The standard InChI is InChI=1S/C20H20N2O7/c23-17(21-12-5-6-15-16(9-12)29-11-28-15)10-27-18(24)7-8-22-19(25)13-3-1-2-4-14(13)20(22)26/h1-2,5-6,9,13-14H,3-4,7-8,10-11H2,(H,21,23)/t13-,14+. The molecule has 29 heavy (non-hydrogen) atoms. The van der Waals surface area contributed by atoms with Crippen molar-refractivity contribution in [3.8, 4) is 11.5 Å². The Bertz CT molecular complexity index is 869. The van der Waals surface area contributed by atoms with Crippen LogP contribution in [0.25, 0.3) is 0 Å². The van der Waals surface area contributed by atoms with Gasteiger partial charge in [0.05, 0.1) is 18.3 Å². The van der Waals surface area contributed by atoms with E-state index in [1.807, 2.05) is 12.2 Å². The number of anilines is 1. The Labute approximate surface area is 166 Å². The van der Waals surface area contributed by atoms with Gasteiger partial charge in [0.2, 0.25) is 18.6 Å². The van der Waals surface area contributed by atoms with Gasteiger partial charge in [0.1, 0.15) is 0 Å². The second-order valence-electron chi connectivity index (χ2n) is 7.01. The average Bonchev–Trinajstić information content (AvgIpc) is 3.28. The third kappa shape index (κ3) is 3.94. The molecule has 2 heterocycles. The monoisotopic (exact) mass is 400 g/mol. The quantitative estimate of drug-likeness (QED) is 0.434. The zero-order valence-electron chi connectivity index (χ0n) is 15.6. The highest BCUT2D eigenvalue weighted by atomic mass is 16.7. The number of rotatable bonds is 6. The molecule has 9 nitrogen and oxygen atoms in total. The number of hydrogen-bond donors (Lipinski definition) is 1. The highest BCUT2D eigenvalue weighted by Crippen LogP contribution is 2.35. The summed E-state index contributed by atoms with van der Waals surface area (Å²) in [5.41, 5.74) is 0.486. The number of ether oxygens (including phenoxy) is 3. The van der Waals surface area contributed by atoms with Crippen LogP contribution in [0.3, 0.4) is 0 Å². The van der Waals surface area contributed by atoms with Gasteiger partial charge in [0.25, 0.3) is 5.91 Å². The second-order valence-corrected chi connectivity index (χ2v) is 7.01. The molecule has 9 heteroatoms. The maximum absolute atomic E-state index is 12.3. The molecule has 0 spiro atoms. The molecule has 0 radical (unpaired) electrons. The largest absolute Gasteiger partial charge is 0.456 e. The van der Waals surface area contributed by atoms with Crippen LogP contribution < -0.4 is 14.8 Å². The summed E-state index contributed by atoms with van der Waals surface area (Å²) in [5.74, 6) is -1.17. The molecule has 152 valence electrons. The first-order valence-electron chi connectivity index (χ1n) is 9.38. The van der Waals surface area contributed by atoms with Gasteiger partial charge in [-0.15, -0.1) is 0 Å². The van der Waals surface area contributed by atoms with Crippen molar-refractivity contribution in [3.63, 3.8) is 0 Å². The SMILES string of the molecule is O=C(COC(=O)CCN1C(=O)[C@H]2CC=CC[C@H]2C1=O)Nc1ccc2c(c1)OCO2. The van der Waals surface area contributed by atoms with Crippen LogP contribution in [-0.4, -0.2) is 48.5 Å². The van der Waals surface area contributed by atoms with E-state index < -0.39 is 18.5 Å². The number of benzene rings is 1. The Morgan fingerprint density at radius 3 is 2.48 bits per heavy atom. The van der Waals surface area contributed by atoms with E-state index in [0.717, 1.165) is 4.90 Å². The van der Waals surface area contributed by atoms with Crippen LogP contribution in [0.1, 0.15) is 19.3 Å². The Morgan fingerprint density at radius 1 is 1.07 bits per heavy atom. The Balaban J connectivity index is 1.21. The molecular weight excluding hydrogens is 380 g/mol. The van der Waals surface area contributed by atoms with Crippen molar-refractivity contribution in [2.24, 2.45) is 11.8 Å². The number of nitrogens with zero attached hydrogens (tertiary/aromatic N) is 1. The number of hydrogen-bond acceptors (Lipinski definition) is 7. The lowest BCUT2D eigenvalue weighted by molar-refractivity contribution is -0.148. The lowest BCUT2D eigenvalue weighted by Gasteiger charge is -2.14. The van der Waals surface area contributed by atoms with Gasteiger partial charge in [0, 0.05) is 18.3 Å². The van der Waals surface area contributed by atoms with Gasteiger partial charge < -0.3 is 19.5 Å². The van der Waals surface area contributed by atoms with E-state index in [-0.39, 0.29) is 43.4 Å². The minimum absolute atomic E-state index is 0.0344. The van der Waals surface area contributed by atoms with E-state index in [1.165, 1.54) is 0 Å². The number of esters is 1. The molecule has 0 aromatic heterocycles. The summed E-state index contributed by atoms with van der Waals surface area (Å²) < 4.78 is 15.4. The van der Waals surface area contributed by atoms with Crippen LogP contribution in [0.15, 0.2) is 30.4 Å². The Morgan fingerprint density at radius 2 is 1.76 bits per heavy atom. The zero-order chi connectivity index (χ0) is 20.4. The molecule has 4 rings (SSSR count). The summed E-state index contributed by atoms with van der Waals surface area (Å²) in [5, 5.41) is 2.59. The van der Waals surface area contributed by atoms with Crippen molar-refractivity contribution in [1.82, 2.24) is 4.90 Å². The molecule has 1 aromatic carbocycles. The maximum Gasteiger partial charge on any atom is 0.308 e. The lowest BCUT2D eigenvalue weighted by atomic mass is 9.85. The fourth-order valence-corrected chi connectivity index (χ4v) is 3.68. The first-order chi connectivity index (χ1) is 14.0. The third-order valence-electron chi connectivity index (χ3n) is 5.16. The maximum atomic E-state index is 12.3. The molecule has 1 aliphatic carbocycles. The lowest BCUT2D eigenvalue weighted by Crippen LogP contribution is -2.33. The number of carbonyl (C=O) groups excluding carboxylic acids is 4. The second kappa shape index (κ2) is 7.94. The summed E-state index contributed by atoms with van der Waals surface area (Å²) in [6.07, 6.45) is 4.76. The van der Waals surface area contributed by atoms with E-state index in [0.29, 0.717) is 30.0 Å². The van der Waals surface area contributed by atoms with Gasteiger partial charge in [0.15, 0.2) is 18.1 Å². The van der Waals surface area contributed by atoms with Crippen LogP contribution in [0.4, 0.5) is 5.69 Å². The highest BCUT2D eigenvalue weighted by Gasteiger charge is 2.46. The van der Waals surface area contributed by atoms with E-state index in [1.54, 1.807) is 18.2 Å². The summed E-state index contributed by atoms with van der Waals surface area (Å²) >= 11 is 0. The molecule has 1 saturated heterocycles. The number of carbonyl (C=O) groups is 4. The van der Waals surface area contributed by atoms with Crippen molar-refractivity contribution in [2.75, 3.05) is 25.3 Å². The van der Waals surface area contributed by atoms with Gasteiger partial charge >= 0.3 is 5.97 Å². The minimum atomic E-state index is -0.653. The highest BCUT2D eigenvalue weighted by molar-refractivity contribution is 6.05. The van der Waals surface area contributed by atoms with Crippen molar-refractivity contribution >= 4 is 29.4 Å². The molecule has 0 unspecified atom stereocenters. The first-order valence-corrected chi connectivity index (χ1v) is 9.38. The minimum Gasteiger partial charge on any atom is -0.456 e. The Hall–Kier alpha value is -3.36. The molecule has 3 amide bonds. The summed E-state index contributed by atoms with van der Waals surface area (Å²) in [6.45, 7) is -0.373. The zero-order valence-corrected chi connectivity index (χ0v) is 15.6. The average molecular weight is 400 g/mol. The summed E-state index contributed by atoms with van der Waals surface area (Å²) in [7, 11) is 0. The van der Waals surface area contributed by atoms with Gasteiger partial charge in [-0.2, -0.15) is 0 Å². The number of allylic oxidation sites excluding steroid dienone is 2. The molecule has 2 aliphatic heterocycles. The molecule has 2 atom stereocenters. The number of amides is 3. The normalized spacial score (nSPS) is 21.9. The fraction of sp³-hybridized carbons (Fsp3) is 0.400. The molecular formula is C20H20N2O7. The van der Waals surface area contributed by atoms with Crippen LogP contribution in [0.5, 0.6) is 11.5 Å². The van der Waals surface area contributed by atoms with Gasteiger partial charge in [-0.3, -0.25) is 24.1 Å². The van der Waals surface area contributed by atoms with Crippen molar-refractivity contribution < 1.29 is 33.4 Å². The number of fused-ring (bicyclic) bond motifs is 2. The smallest absolute Gasteiger partial charge is 0.308 e. The number of likely N-dealkylation sites (tertiary alicyclic amines) is 1. The fourth-order valence-electron chi connectivity index (χ4n) is 3.68. The topological polar surface area (TPSA) is 111 Å². The molecule has 1 N–H and O–H groups in total. The van der Waals surface area contributed by atoms with Crippen molar-refractivity contribution in [1.29, 1.82) is 0 Å². The molecule has 1 aromatic rings. The van der Waals surface area contributed by atoms with E-state index in [4.69, 9.17) is 14.2 Å². The molecule has 0 bridgehead atoms. The van der Waals surface area contributed by atoms with E-state index in [2.05, 4.69) is 5.32 Å². The van der Waals surface area contributed by atoms with Crippen LogP contribution >= 0.6 is 0 Å². The van der Waals surface area contributed by atoms with Crippen molar-refractivity contribution in [2.45, 2.75) is 19.3 Å². The van der Waals surface area contributed by atoms with Gasteiger partial charge in [-0.1, -0.05) is 12.2 Å². The number of imide groups is 1. The third-order valence-corrected chi connectivity index (χ3v) is 5.16. The summed E-state index contributed by atoms with van der Waals surface area (Å²) in [6, 6.07) is 4.92. The van der Waals surface area contributed by atoms with Crippen LogP contribution in [0, 0.1) is 11.8 Å². The molecule has 0 saturated carbocycles. The van der Waals surface area contributed by atoms with Gasteiger partial charge in [-0.05, 0) is 25.0 Å². The molecule has 3 aliphatic rings. The van der Waals surface area contributed by atoms with Crippen molar-refractivity contribution in [3.05, 3.63) is 30.4 Å². The van der Waals surface area contributed by atoms with Crippen LogP contribution in [0.2, 0.25) is 0 Å². The number of nitrogens with one attached hydrogen (secondary N) is 1.